The van der Waals surface area contributed by atoms with E-state index in [4.69, 9.17) is 0 Å². The van der Waals surface area contributed by atoms with E-state index < -0.39 is 0 Å². The van der Waals surface area contributed by atoms with Crippen LogP contribution in [0.2, 0.25) is 0 Å². The van der Waals surface area contributed by atoms with Crippen LogP contribution in [0.1, 0.15) is 17.2 Å². The Labute approximate surface area is 139 Å². The quantitative estimate of drug-likeness (QED) is 0.674. The molecular weight excluding hydrogens is 431 g/mol. The van der Waals surface area contributed by atoms with E-state index in [0.717, 1.165) is 27.0 Å². The van der Waals surface area contributed by atoms with Gasteiger partial charge in [0.05, 0.1) is 0 Å². The molecule has 20 heavy (non-hydrogen) atoms. The number of carbonyl (C=O) groups excluding carboxylic acids is 1. The zero-order valence-electron chi connectivity index (χ0n) is 10.7. The maximum absolute atomic E-state index is 12.1. The second kappa shape index (κ2) is 5.37. The summed E-state index contributed by atoms with van der Waals surface area (Å²) in [5.41, 5.74) is 3.97. The molecule has 0 radical (unpaired) electrons. The Morgan fingerprint density at radius 2 is 2.05 bits per heavy atom. The third kappa shape index (κ3) is 2.56. The lowest BCUT2D eigenvalue weighted by Gasteiger charge is -2.15. The normalized spacial score (nSPS) is 16.8. The maximum Gasteiger partial charge on any atom is 0.251 e. The molecular formula is C15H12BrIN2O. The zero-order chi connectivity index (χ0) is 14.3. The van der Waals surface area contributed by atoms with Crippen molar-refractivity contribution in [2.75, 3.05) is 10.6 Å². The van der Waals surface area contributed by atoms with Gasteiger partial charge in [-0.15, -0.1) is 0 Å². The second-order valence-corrected chi connectivity index (χ2v) is 6.92. The van der Waals surface area contributed by atoms with E-state index in [2.05, 4.69) is 55.2 Å². The third-order valence-corrected chi connectivity index (χ3v) is 4.50. The van der Waals surface area contributed by atoms with Gasteiger partial charge < -0.3 is 10.6 Å². The van der Waals surface area contributed by atoms with E-state index in [1.807, 2.05) is 37.3 Å². The van der Waals surface area contributed by atoms with Crippen LogP contribution in [0.3, 0.4) is 0 Å². The minimum atomic E-state index is -0.336. The number of fused-ring (bicyclic) bond motifs is 1. The molecule has 3 nitrogen and oxygen atoms in total. The van der Waals surface area contributed by atoms with E-state index in [1.165, 1.54) is 3.57 Å². The number of hydrogen-bond donors (Lipinski definition) is 2. The number of benzene rings is 2. The summed E-state index contributed by atoms with van der Waals surface area (Å²) in [5.74, 6) is -0.0175. The fourth-order valence-corrected chi connectivity index (χ4v) is 3.33. The first-order valence-electron chi connectivity index (χ1n) is 6.17. The van der Waals surface area contributed by atoms with E-state index in [-0.39, 0.29) is 11.9 Å². The van der Waals surface area contributed by atoms with Gasteiger partial charge in [0.25, 0.3) is 5.91 Å². The van der Waals surface area contributed by atoms with E-state index in [0.29, 0.717) is 0 Å². The van der Waals surface area contributed by atoms with Gasteiger partial charge in [-0.05, 0) is 65.4 Å². The van der Waals surface area contributed by atoms with Crippen LogP contribution < -0.4 is 10.6 Å². The van der Waals surface area contributed by atoms with E-state index in [1.54, 1.807) is 0 Å². The average molecular weight is 443 g/mol. The molecule has 2 aromatic rings. The molecule has 0 bridgehead atoms. The minimum Gasteiger partial charge on any atom is -0.370 e. The monoisotopic (exact) mass is 442 g/mol. The van der Waals surface area contributed by atoms with Crippen LogP contribution in [0, 0.1) is 10.5 Å². The first-order chi connectivity index (χ1) is 9.54. The summed E-state index contributed by atoms with van der Waals surface area (Å²) in [4.78, 5) is 12.1. The van der Waals surface area contributed by atoms with Crippen LogP contribution in [0.4, 0.5) is 11.4 Å². The number of amides is 1. The Bertz CT molecular complexity index is 702. The lowest BCUT2D eigenvalue weighted by molar-refractivity contribution is -0.116. The molecule has 0 saturated heterocycles. The van der Waals surface area contributed by atoms with Crippen LogP contribution in [-0.2, 0) is 4.79 Å². The number of nitrogens with one attached hydrogen (secondary N) is 2. The van der Waals surface area contributed by atoms with Crippen LogP contribution in [0.5, 0.6) is 0 Å². The molecule has 2 N–H and O–H groups in total. The molecule has 0 spiro atoms. The Morgan fingerprint density at radius 1 is 1.25 bits per heavy atom. The zero-order valence-corrected chi connectivity index (χ0v) is 14.4. The number of halogens is 2. The average Bonchev–Trinajstić information content (AvgIpc) is 2.68. The molecule has 0 saturated carbocycles. The van der Waals surface area contributed by atoms with E-state index >= 15 is 0 Å². The lowest BCUT2D eigenvalue weighted by Crippen LogP contribution is -2.20. The van der Waals surface area contributed by atoms with Crippen molar-refractivity contribution < 1.29 is 4.79 Å². The molecule has 1 atom stereocenters. The number of rotatable bonds is 2. The largest absolute Gasteiger partial charge is 0.370 e. The van der Waals surface area contributed by atoms with Gasteiger partial charge in [-0.2, -0.15) is 0 Å². The number of carbonyl (C=O) groups is 1. The molecule has 1 unspecified atom stereocenters. The fraction of sp³-hybridized carbons (Fsp3) is 0.133. The highest BCUT2D eigenvalue weighted by Gasteiger charge is 2.30. The summed E-state index contributed by atoms with van der Waals surface area (Å²) in [6.07, 6.45) is 0. The first-order valence-corrected chi connectivity index (χ1v) is 8.05. The van der Waals surface area contributed by atoms with Gasteiger partial charge in [0.1, 0.15) is 6.04 Å². The van der Waals surface area contributed by atoms with Crippen LogP contribution in [0.15, 0.2) is 40.9 Å². The Hall–Kier alpha value is -1.08. The Morgan fingerprint density at radius 3 is 2.80 bits per heavy atom. The van der Waals surface area contributed by atoms with Gasteiger partial charge in [0.2, 0.25) is 0 Å². The summed E-state index contributed by atoms with van der Waals surface area (Å²) in [5, 5.41) is 6.24. The molecule has 0 fully saturated rings. The molecule has 0 aromatic heterocycles. The SMILES string of the molecule is Cc1cc(I)ccc1NC1C(=O)Nc2cc(Br)ccc21. The molecule has 3 rings (SSSR count). The summed E-state index contributed by atoms with van der Waals surface area (Å²) < 4.78 is 2.15. The number of anilines is 2. The third-order valence-electron chi connectivity index (χ3n) is 3.33. The predicted octanol–water partition coefficient (Wildman–Crippen LogP) is 4.47. The van der Waals surface area contributed by atoms with Crippen molar-refractivity contribution in [3.8, 4) is 0 Å². The van der Waals surface area contributed by atoms with Crippen molar-refractivity contribution >= 4 is 55.8 Å². The Balaban J connectivity index is 1.94. The van der Waals surface area contributed by atoms with Crippen LogP contribution >= 0.6 is 38.5 Å². The molecule has 102 valence electrons. The maximum atomic E-state index is 12.1. The highest BCUT2D eigenvalue weighted by atomic mass is 127. The molecule has 2 aromatic carbocycles. The molecule has 1 heterocycles. The molecule has 0 aliphatic carbocycles. The predicted molar refractivity (Wildman–Crippen MR) is 93.0 cm³/mol. The summed E-state index contributed by atoms with van der Waals surface area (Å²) in [6, 6.07) is 11.7. The fourth-order valence-electron chi connectivity index (χ4n) is 2.32. The standard InChI is InChI=1S/C15H12BrIN2O/c1-8-6-10(17)3-5-12(8)18-14-11-4-2-9(16)7-13(11)19-15(14)20/h2-7,14,18H,1H3,(H,19,20). The topological polar surface area (TPSA) is 41.1 Å². The molecule has 1 aliphatic heterocycles. The van der Waals surface area contributed by atoms with Gasteiger partial charge >= 0.3 is 0 Å². The molecule has 1 amide bonds. The van der Waals surface area contributed by atoms with E-state index in [9.17, 15) is 4.79 Å². The number of aryl methyl sites for hydroxylation is 1. The van der Waals surface area contributed by atoms with Crippen molar-refractivity contribution in [3.63, 3.8) is 0 Å². The van der Waals surface area contributed by atoms with Crippen molar-refractivity contribution in [1.29, 1.82) is 0 Å². The molecule has 1 aliphatic rings. The second-order valence-electron chi connectivity index (χ2n) is 4.76. The highest BCUT2D eigenvalue weighted by molar-refractivity contribution is 14.1. The summed E-state index contributed by atoms with van der Waals surface area (Å²) >= 11 is 5.70. The number of hydrogen-bond acceptors (Lipinski definition) is 2. The van der Waals surface area contributed by atoms with Crippen LogP contribution in [-0.4, -0.2) is 5.91 Å². The van der Waals surface area contributed by atoms with Gasteiger partial charge in [-0.1, -0.05) is 22.0 Å². The Kier molecular flexibility index (Phi) is 3.72. The molecule has 5 heteroatoms. The van der Waals surface area contributed by atoms with Gasteiger partial charge in [0.15, 0.2) is 0 Å². The summed E-state index contributed by atoms with van der Waals surface area (Å²) in [6.45, 7) is 2.04. The van der Waals surface area contributed by atoms with Gasteiger partial charge in [-0.25, -0.2) is 0 Å². The van der Waals surface area contributed by atoms with Gasteiger partial charge in [-0.3, -0.25) is 4.79 Å². The highest BCUT2D eigenvalue weighted by Crippen LogP contribution is 2.35. The first kappa shape index (κ1) is 13.9. The van der Waals surface area contributed by atoms with Crippen molar-refractivity contribution in [3.05, 3.63) is 55.6 Å². The lowest BCUT2D eigenvalue weighted by atomic mass is 10.1. The summed E-state index contributed by atoms with van der Waals surface area (Å²) in [7, 11) is 0. The van der Waals surface area contributed by atoms with Crippen molar-refractivity contribution in [1.82, 2.24) is 0 Å². The van der Waals surface area contributed by atoms with Gasteiger partial charge in [0, 0.05) is 25.0 Å². The smallest absolute Gasteiger partial charge is 0.251 e. The minimum absolute atomic E-state index is 0.0175. The van der Waals surface area contributed by atoms with Crippen molar-refractivity contribution in [2.45, 2.75) is 13.0 Å². The van der Waals surface area contributed by atoms with Crippen molar-refractivity contribution in [2.24, 2.45) is 0 Å². The van der Waals surface area contributed by atoms with Crippen LogP contribution in [0.25, 0.3) is 0 Å².